The Kier molecular flexibility index (Phi) is 4.48. The summed E-state index contributed by atoms with van der Waals surface area (Å²) in [6.45, 7) is 0.595. The van der Waals surface area contributed by atoms with E-state index in [2.05, 4.69) is 52.4 Å². The monoisotopic (exact) mass is 411 g/mol. The largest absolute Gasteiger partial charge is 0.489 e. The van der Waals surface area contributed by atoms with Crippen LogP contribution in [0.4, 0.5) is 5.69 Å². The van der Waals surface area contributed by atoms with Gasteiger partial charge in [-0.2, -0.15) is 0 Å². The van der Waals surface area contributed by atoms with Crippen LogP contribution in [-0.2, 0) is 12.0 Å². The number of ether oxygens (including phenoxy) is 1. The van der Waals surface area contributed by atoms with Crippen LogP contribution in [0, 0.1) is 17.8 Å². The number of hydrogen-bond donors (Lipinski definition) is 1. The molecule has 0 unspecified atom stereocenters. The molecule has 0 saturated heterocycles. The van der Waals surface area contributed by atoms with Gasteiger partial charge in [-0.05, 0) is 85.5 Å². The molecule has 4 heteroatoms. The molecule has 4 bridgehead atoms. The minimum Gasteiger partial charge on any atom is -0.489 e. The number of nitrogens with zero attached hydrogens (tertiary/aromatic N) is 2. The minimum absolute atomic E-state index is 0.241. The van der Waals surface area contributed by atoms with E-state index in [1.807, 2.05) is 6.07 Å². The highest BCUT2D eigenvalue weighted by Crippen LogP contribution is 2.62. The van der Waals surface area contributed by atoms with Gasteiger partial charge in [0.15, 0.2) is 5.82 Å². The Morgan fingerprint density at radius 1 is 0.871 bits per heavy atom. The number of anilines is 1. The third-order valence-electron chi connectivity index (χ3n) is 7.76. The zero-order chi connectivity index (χ0) is 20.8. The predicted octanol–water partition coefficient (Wildman–Crippen LogP) is 5.77. The van der Waals surface area contributed by atoms with Gasteiger partial charge >= 0.3 is 0 Å². The summed E-state index contributed by atoms with van der Waals surface area (Å²) in [5.74, 6) is 4.40. The summed E-state index contributed by atoms with van der Waals surface area (Å²) >= 11 is 0. The molecule has 0 amide bonds. The standard InChI is InChI=1S/C27H29N3O/c28-23-15-29-26(30-16-23)22-6-7-25(31-17-18-4-2-1-3-5-18)24(11-22)27-12-19-8-20(13-27)10-21(9-19)14-27/h1-7,11,15-16,19-21H,8-10,12-14,17,28H2. The summed E-state index contributed by atoms with van der Waals surface area (Å²) in [7, 11) is 0. The molecule has 4 nitrogen and oxygen atoms in total. The molecule has 1 aromatic heterocycles. The Hall–Kier alpha value is -2.88. The summed E-state index contributed by atoms with van der Waals surface area (Å²) in [5.41, 5.74) is 10.3. The van der Waals surface area contributed by atoms with Crippen LogP contribution in [0.15, 0.2) is 60.9 Å². The van der Waals surface area contributed by atoms with Crippen molar-refractivity contribution in [3.8, 4) is 17.1 Å². The lowest BCUT2D eigenvalue weighted by molar-refractivity contribution is -0.00645. The zero-order valence-electron chi connectivity index (χ0n) is 17.8. The Bertz CT molecular complexity index is 1040. The molecule has 0 aliphatic heterocycles. The third-order valence-corrected chi connectivity index (χ3v) is 7.76. The highest BCUT2D eigenvalue weighted by Gasteiger charge is 2.52. The van der Waals surface area contributed by atoms with Crippen molar-refractivity contribution in [1.82, 2.24) is 9.97 Å². The normalized spacial score (nSPS) is 28.6. The Balaban J connectivity index is 1.40. The molecule has 2 aromatic carbocycles. The molecule has 0 spiro atoms. The molecular formula is C27H29N3O. The zero-order valence-corrected chi connectivity index (χ0v) is 17.8. The van der Waals surface area contributed by atoms with Gasteiger partial charge in [0.2, 0.25) is 0 Å². The predicted molar refractivity (Wildman–Crippen MR) is 123 cm³/mol. The molecule has 4 aliphatic rings. The second kappa shape index (κ2) is 7.37. The molecule has 31 heavy (non-hydrogen) atoms. The first-order valence-electron chi connectivity index (χ1n) is 11.6. The van der Waals surface area contributed by atoms with Gasteiger partial charge in [0, 0.05) is 11.1 Å². The van der Waals surface area contributed by atoms with Gasteiger partial charge in [-0.25, -0.2) is 9.97 Å². The first-order valence-corrected chi connectivity index (χ1v) is 11.6. The lowest BCUT2D eigenvalue weighted by Gasteiger charge is -2.57. The summed E-state index contributed by atoms with van der Waals surface area (Å²) in [4.78, 5) is 8.96. The van der Waals surface area contributed by atoms with E-state index >= 15 is 0 Å². The molecule has 1 heterocycles. The second-order valence-corrected chi connectivity index (χ2v) is 10.0. The van der Waals surface area contributed by atoms with E-state index in [9.17, 15) is 0 Å². The molecule has 3 aromatic rings. The van der Waals surface area contributed by atoms with E-state index in [-0.39, 0.29) is 5.41 Å². The van der Waals surface area contributed by atoms with Gasteiger partial charge in [-0.3, -0.25) is 0 Å². The number of rotatable bonds is 5. The van der Waals surface area contributed by atoms with Gasteiger partial charge in [-0.15, -0.1) is 0 Å². The van der Waals surface area contributed by atoms with Crippen molar-refractivity contribution in [3.63, 3.8) is 0 Å². The van der Waals surface area contributed by atoms with Crippen molar-refractivity contribution >= 4 is 5.69 Å². The number of nitrogens with two attached hydrogens (primary N) is 1. The first kappa shape index (κ1) is 18.9. The topological polar surface area (TPSA) is 61.0 Å². The summed E-state index contributed by atoms with van der Waals surface area (Å²) in [6, 6.07) is 17.0. The van der Waals surface area contributed by atoms with Crippen molar-refractivity contribution in [3.05, 3.63) is 72.1 Å². The minimum atomic E-state index is 0.241. The number of aromatic nitrogens is 2. The smallest absolute Gasteiger partial charge is 0.159 e. The number of nitrogen functional groups attached to an aromatic ring is 1. The third kappa shape index (κ3) is 3.48. The summed E-state index contributed by atoms with van der Waals surface area (Å²) < 4.78 is 6.46. The van der Waals surface area contributed by atoms with Gasteiger partial charge in [0.25, 0.3) is 0 Å². The molecular weight excluding hydrogens is 382 g/mol. The molecule has 4 fully saturated rings. The highest BCUT2D eigenvalue weighted by molar-refractivity contribution is 5.61. The van der Waals surface area contributed by atoms with E-state index in [1.54, 1.807) is 12.4 Å². The van der Waals surface area contributed by atoms with Crippen LogP contribution in [0.1, 0.15) is 49.7 Å². The van der Waals surface area contributed by atoms with Crippen LogP contribution >= 0.6 is 0 Å². The Morgan fingerprint density at radius 3 is 2.16 bits per heavy atom. The van der Waals surface area contributed by atoms with Crippen LogP contribution in [0.25, 0.3) is 11.4 Å². The molecule has 2 N–H and O–H groups in total. The van der Waals surface area contributed by atoms with Crippen LogP contribution < -0.4 is 10.5 Å². The summed E-state index contributed by atoms with van der Waals surface area (Å²) in [6.07, 6.45) is 11.6. The van der Waals surface area contributed by atoms with Crippen LogP contribution in [-0.4, -0.2) is 9.97 Å². The maximum absolute atomic E-state index is 6.46. The Labute approximate surface area is 183 Å². The number of benzene rings is 2. The van der Waals surface area contributed by atoms with E-state index in [0.717, 1.165) is 34.9 Å². The lowest BCUT2D eigenvalue weighted by atomic mass is 9.48. The van der Waals surface area contributed by atoms with Crippen molar-refractivity contribution in [1.29, 1.82) is 0 Å². The highest BCUT2D eigenvalue weighted by atomic mass is 16.5. The SMILES string of the molecule is Nc1cnc(-c2ccc(OCc3ccccc3)c(C34CC5CC(CC(C5)C3)C4)c2)nc1. The van der Waals surface area contributed by atoms with E-state index in [1.165, 1.54) is 49.7 Å². The number of hydrogen-bond acceptors (Lipinski definition) is 4. The average molecular weight is 412 g/mol. The molecule has 0 atom stereocenters. The van der Waals surface area contributed by atoms with Gasteiger partial charge < -0.3 is 10.5 Å². The maximum atomic E-state index is 6.46. The summed E-state index contributed by atoms with van der Waals surface area (Å²) in [5, 5.41) is 0. The van der Waals surface area contributed by atoms with Crippen molar-refractivity contribution in [2.24, 2.45) is 17.8 Å². The molecule has 4 saturated carbocycles. The fourth-order valence-electron chi connectivity index (χ4n) is 6.87. The first-order chi connectivity index (χ1) is 15.2. The fourth-order valence-corrected chi connectivity index (χ4v) is 6.87. The maximum Gasteiger partial charge on any atom is 0.159 e. The van der Waals surface area contributed by atoms with Crippen molar-refractivity contribution in [2.75, 3.05) is 5.73 Å². The van der Waals surface area contributed by atoms with E-state index in [0.29, 0.717) is 12.3 Å². The van der Waals surface area contributed by atoms with E-state index < -0.39 is 0 Å². The van der Waals surface area contributed by atoms with Crippen LogP contribution in [0.3, 0.4) is 0 Å². The Morgan fingerprint density at radius 2 is 1.52 bits per heavy atom. The molecule has 7 rings (SSSR count). The van der Waals surface area contributed by atoms with Crippen LogP contribution in [0.5, 0.6) is 5.75 Å². The van der Waals surface area contributed by atoms with Crippen molar-refractivity contribution in [2.45, 2.75) is 50.5 Å². The molecule has 158 valence electrons. The van der Waals surface area contributed by atoms with Gasteiger partial charge in [-0.1, -0.05) is 30.3 Å². The quantitative estimate of drug-likeness (QED) is 0.579. The molecule has 4 aliphatic carbocycles. The fraction of sp³-hybridized carbons (Fsp3) is 0.407. The molecule has 0 radical (unpaired) electrons. The van der Waals surface area contributed by atoms with Crippen LogP contribution in [0.2, 0.25) is 0 Å². The van der Waals surface area contributed by atoms with Gasteiger partial charge in [0.1, 0.15) is 12.4 Å². The lowest BCUT2D eigenvalue weighted by Crippen LogP contribution is -2.48. The van der Waals surface area contributed by atoms with Crippen molar-refractivity contribution < 1.29 is 4.74 Å². The van der Waals surface area contributed by atoms with E-state index in [4.69, 9.17) is 10.5 Å². The average Bonchev–Trinajstić information content (AvgIpc) is 2.78. The van der Waals surface area contributed by atoms with Gasteiger partial charge in [0.05, 0.1) is 18.1 Å². The second-order valence-electron chi connectivity index (χ2n) is 10.0.